The topological polar surface area (TPSA) is 73.0 Å². The molecule has 0 aromatic heterocycles. The maximum Gasteiger partial charge on any atom is 0.268 e. The third kappa shape index (κ3) is 2.50. The first-order valence-corrected chi connectivity index (χ1v) is 10.0. The minimum Gasteiger partial charge on any atom is -0.366 e. The van der Waals surface area contributed by atoms with E-state index in [9.17, 15) is 13.2 Å². The van der Waals surface area contributed by atoms with Gasteiger partial charge in [-0.05, 0) is 24.2 Å². The zero-order valence-electron chi connectivity index (χ0n) is 12.3. The molecule has 2 aliphatic carbocycles. The zero-order valence-corrected chi connectivity index (χ0v) is 14.7. The molecule has 0 spiro atoms. The molecule has 120 valence electrons. The van der Waals surface area contributed by atoms with E-state index in [1.54, 1.807) is 0 Å². The number of alkyl halides is 1. The minimum atomic E-state index is -3.72. The Balaban J connectivity index is 1.68. The number of carbonyl (C=O) groups excluding carboxylic acids is 1. The molecule has 4 atom stereocenters. The SMILES string of the molecule is CC1(C)C2CCC1(CS(=O)(=O)OCC1OC1CBr)C(=O)C2. The van der Waals surface area contributed by atoms with Crippen LogP contribution in [0.2, 0.25) is 0 Å². The Morgan fingerprint density at radius 3 is 2.57 bits per heavy atom. The molecule has 3 fully saturated rings. The van der Waals surface area contributed by atoms with Crippen molar-refractivity contribution in [1.82, 2.24) is 0 Å². The van der Waals surface area contributed by atoms with Gasteiger partial charge in [0, 0.05) is 11.8 Å². The fourth-order valence-electron chi connectivity index (χ4n) is 4.08. The highest BCUT2D eigenvalue weighted by atomic mass is 79.9. The molecular weight excluding hydrogens is 360 g/mol. The van der Waals surface area contributed by atoms with Crippen molar-refractivity contribution in [2.75, 3.05) is 17.7 Å². The van der Waals surface area contributed by atoms with E-state index < -0.39 is 15.5 Å². The molecule has 4 unspecified atom stereocenters. The summed E-state index contributed by atoms with van der Waals surface area (Å²) in [5, 5.41) is 0.679. The molecule has 3 rings (SSSR count). The van der Waals surface area contributed by atoms with Crippen LogP contribution in [0.4, 0.5) is 0 Å². The summed E-state index contributed by atoms with van der Waals surface area (Å²) in [6.07, 6.45) is 2.00. The van der Waals surface area contributed by atoms with Gasteiger partial charge in [0.05, 0.1) is 23.9 Å². The quantitative estimate of drug-likeness (QED) is 0.399. The van der Waals surface area contributed by atoms with Gasteiger partial charge in [-0.25, -0.2) is 0 Å². The Morgan fingerprint density at radius 1 is 1.38 bits per heavy atom. The summed E-state index contributed by atoms with van der Waals surface area (Å²) >= 11 is 3.28. The van der Waals surface area contributed by atoms with Crippen molar-refractivity contribution < 1.29 is 22.1 Å². The number of fused-ring (bicyclic) bond motifs is 2. The van der Waals surface area contributed by atoms with E-state index in [1.165, 1.54) is 0 Å². The van der Waals surface area contributed by atoms with Gasteiger partial charge >= 0.3 is 0 Å². The van der Waals surface area contributed by atoms with Crippen molar-refractivity contribution in [2.45, 2.75) is 45.3 Å². The molecule has 2 bridgehead atoms. The standard InChI is InChI=1S/C14H21BrO5S/c1-13(2)9-3-4-14(13,12(16)5-9)8-21(17,18)19-7-11-10(6-15)20-11/h9-11H,3-8H2,1-2H3. The third-order valence-electron chi connectivity index (χ3n) is 5.81. The maximum absolute atomic E-state index is 12.3. The van der Waals surface area contributed by atoms with Crippen molar-refractivity contribution in [3.63, 3.8) is 0 Å². The zero-order chi connectivity index (χ0) is 15.5. The normalized spacial score (nSPS) is 40.7. The second-order valence-corrected chi connectivity index (χ2v) is 9.31. The smallest absolute Gasteiger partial charge is 0.268 e. The van der Waals surface area contributed by atoms with Crippen LogP contribution in [-0.2, 0) is 23.8 Å². The molecule has 1 aliphatic heterocycles. The van der Waals surface area contributed by atoms with Crippen LogP contribution in [0.15, 0.2) is 0 Å². The second-order valence-electron chi connectivity index (χ2n) is 7.02. The predicted molar refractivity (Wildman–Crippen MR) is 80.8 cm³/mol. The van der Waals surface area contributed by atoms with Crippen LogP contribution in [0.5, 0.6) is 0 Å². The van der Waals surface area contributed by atoms with Crippen LogP contribution in [-0.4, -0.2) is 44.1 Å². The van der Waals surface area contributed by atoms with E-state index in [-0.39, 0.29) is 35.8 Å². The van der Waals surface area contributed by atoms with Gasteiger partial charge < -0.3 is 4.74 Å². The Morgan fingerprint density at radius 2 is 2.10 bits per heavy atom. The van der Waals surface area contributed by atoms with E-state index in [4.69, 9.17) is 8.92 Å². The van der Waals surface area contributed by atoms with E-state index in [0.29, 0.717) is 24.1 Å². The highest BCUT2D eigenvalue weighted by Gasteiger charge is 2.65. The van der Waals surface area contributed by atoms with Gasteiger partial charge in [0.1, 0.15) is 11.9 Å². The Labute approximate surface area is 134 Å². The molecule has 21 heavy (non-hydrogen) atoms. The van der Waals surface area contributed by atoms with Gasteiger partial charge in [-0.3, -0.25) is 8.98 Å². The maximum atomic E-state index is 12.3. The number of epoxide rings is 1. The first-order chi connectivity index (χ1) is 9.72. The number of ether oxygens (including phenoxy) is 1. The molecular formula is C14H21BrO5S. The lowest BCUT2D eigenvalue weighted by Crippen LogP contribution is -2.42. The van der Waals surface area contributed by atoms with Crippen molar-refractivity contribution in [3.8, 4) is 0 Å². The molecule has 0 aromatic carbocycles. The molecule has 1 saturated heterocycles. The van der Waals surface area contributed by atoms with Gasteiger partial charge in [0.25, 0.3) is 10.1 Å². The molecule has 7 heteroatoms. The largest absolute Gasteiger partial charge is 0.366 e. The summed E-state index contributed by atoms with van der Waals surface area (Å²) in [6.45, 7) is 4.10. The van der Waals surface area contributed by atoms with Crippen molar-refractivity contribution in [1.29, 1.82) is 0 Å². The van der Waals surface area contributed by atoms with Crippen LogP contribution < -0.4 is 0 Å². The summed E-state index contributed by atoms with van der Waals surface area (Å²) in [5.74, 6) is 0.218. The second kappa shape index (κ2) is 5.01. The van der Waals surface area contributed by atoms with Crippen LogP contribution in [0, 0.1) is 16.7 Å². The van der Waals surface area contributed by atoms with Gasteiger partial charge in [-0.15, -0.1) is 0 Å². The van der Waals surface area contributed by atoms with Gasteiger partial charge in [0.15, 0.2) is 0 Å². The number of hydrogen-bond donors (Lipinski definition) is 0. The fourth-order valence-corrected chi connectivity index (χ4v) is 6.36. The lowest BCUT2D eigenvalue weighted by molar-refractivity contribution is -0.128. The number of rotatable bonds is 6. The predicted octanol–water partition coefficient (Wildman–Crippen LogP) is 1.89. The van der Waals surface area contributed by atoms with E-state index in [2.05, 4.69) is 15.9 Å². The Hall–Kier alpha value is 0.0200. The lowest BCUT2D eigenvalue weighted by Gasteiger charge is -2.35. The highest BCUT2D eigenvalue weighted by Crippen LogP contribution is 2.64. The first-order valence-electron chi connectivity index (χ1n) is 7.34. The van der Waals surface area contributed by atoms with Crippen LogP contribution in [0.1, 0.15) is 33.1 Å². The summed E-state index contributed by atoms with van der Waals surface area (Å²) in [5.41, 5.74) is -1.01. The van der Waals surface area contributed by atoms with Crippen LogP contribution >= 0.6 is 15.9 Å². The molecule has 5 nitrogen and oxygen atoms in total. The molecule has 2 saturated carbocycles. The van der Waals surface area contributed by atoms with E-state index >= 15 is 0 Å². The van der Waals surface area contributed by atoms with Crippen molar-refractivity contribution >= 4 is 31.8 Å². The summed E-state index contributed by atoms with van der Waals surface area (Å²) in [6, 6.07) is 0. The Bertz CT molecular complexity index is 558. The van der Waals surface area contributed by atoms with Crippen LogP contribution in [0.3, 0.4) is 0 Å². The van der Waals surface area contributed by atoms with Crippen molar-refractivity contribution in [3.05, 3.63) is 0 Å². The van der Waals surface area contributed by atoms with E-state index in [0.717, 1.165) is 6.42 Å². The van der Waals surface area contributed by atoms with Gasteiger partial charge in [-0.2, -0.15) is 8.42 Å². The van der Waals surface area contributed by atoms with Gasteiger partial charge in [0.2, 0.25) is 0 Å². The number of ketones is 1. The van der Waals surface area contributed by atoms with Crippen molar-refractivity contribution in [2.24, 2.45) is 16.7 Å². The summed E-state index contributed by atoms with van der Waals surface area (Å²) < 4.78 is 34.9. The molecule has 0 amide bonds. The number of halogens is 1. The van der Waals surface area contributed by atoms with Gasteiger partial charge in [-0.1, -0.05) is 29.8 Å². The fraction of sp³-hybridized carbons (Fsp3) is 0.929. The number of Topliss-reactive ketones (excluding diaryl/α,β-unsaturated/α-hetero) is 1. The average Bonchev–Trinajstić information content (AvgIpc) is 3.09. The molecule has 3 aliphatic rings. The molecule has 0 aromatic rings. The molecule has 1 heterocycles. The first kappa shape index (κ1) is 15.9. The minimum absolute atomic E-state index is 0.0405. The molecule has 0 radical (unpaired) electrons. The third-order valence-corrected chi connectivity index (χ3v) is 7.79. The summed E-state index contributed by atoms with van der Waals surface area (Å²) in [7, 11) is -3.72. The number of hydrogen-bond acceptors (Lipinski definition) is 5. The lowest BCUT2D eigenvalue weighted by atomic mass is 9.70. The number of carbonyl (C=O) groups is 1. The Kier molecular flexibility index (Phi) is 3.79. The average molecular weight is 381 g/mol. The summed E-state index contributed by atoms with van der Waals surface area (Å²) in [4.78, 5) is 12.3. The van der Waals surface area contributed by atoms with E-state index in [1.807, 2.05) is 13.8 Å². The highest BCUT2D eigenvalue weighted by molar-refractivity contribution is 9.09. The monoisotopic (exact) mass is 380 g/mol. The van der Waals surface area contributed by atoms with Crippen LogP contribution in [0.25, 0.3) is 0 Å². The molecule has 0 N–H and O–H groups in total.